The van der Waals surface area contributed by atoms with Gasteiger partial charge < -0.3 is 4.74 Å². The highest BCUT2D eigenvalue weighted by Crippen LogP contribution is 2.27. The summed E-state index contributed by atoms with van der Waals surface area (Å²) in [6, 6.07) is 2.17. The van der Waals surface area contributed by atoms with Crippen LogP contribution in [0.5, 0.6) is 0 Å². The summed E-state index contributed by atoms with van der Waals surface area (Å²) in [5, 5.41) is 8.51. The van der Waals surface area contributed by atoms with Crippen LogP contribution < -0.4 is 0 Å². The Morgan fingerprint density at radius 1 is 1.58 bits per heavy atom. The van der Waals surface area contributed by atoms with Gasteiger partial charge in [0.1, 0.15) is 0 Å². The molecule has 2 atom stereocenters. The van der Waals surface area contributed by atoms with E-state index in [-0.39, 0.29) is 6.10 Å². The molecule has 0 N–H and O–H groups in total. The lowest BCUT2D eigenvalue weighted by Crippen LogP contribution is -2.27. The zero-order valence-corrected chi connectivity index (χ0v) is 7.92. The number of ether oxygens (including phenoxy) is 1. The van der Waals surface area contributed by atoms with Gasteiger partial charge >= 0.3 is 0 Å². The van der Waals surface area contributed by atoms with Crippen molar-refractivity contribution in [1.29, 1.82) is 5.26 Å². The second kappa shape index (κ2) is 4.47. The van der Waals surface area contributed by atoms with Crippen molar-refractivity contribution < 1.29 is 4.74 Å². The topological polar surface area (TPSA) is 33.0 Å². The minimum Gasteiger partial charge on any atom is -0.377 e. The summed E-state index contributed by atoms with van der Waals surface area (Å²) in [7, 11) is 0. The van der Waals surface area contributed by atoms with E-state index >= 15 is 0 Å². The Morgan fingerprint density at radius 3 is 2.92 bits per heavy atom. The Balaban J connectivity index is 2.36. The van der Waals surface area contributed by atoms with E-state index in [1.807, 2.05) is 0 Å². The first kappa shape index (κ1) is 9.54. The smallest absolute Gasteiger partial charge is 0.0707 e. The number of rotatable bonds is 2. The predicted octanol–water partition coefficient (Wildman–Crippen LogP) is 2.35. The molecule has 0 aromatic heterocycles. The van der Waals surface area contributed by atoms with Crippen molar-refractivity contribution in [2.75, 3.05) is 6.61 Å². The number of nitrogens with zero attached hydrogens (tertiary/aromatic N) is 1. The van der Waals surface area contributed by atoms with Gasteiger partial charge in [0.25, 0.3) is 0 Å². The zero-order chi connectivity index (χ0) is 8.97. The van der Waals surface area contributed by atoms with E-state index in [0.29, 0.717) is 6.42 Å². The monoisotopic (exact) mass is 167 g/mol. The fraction of sp³-hybridized carbons (Fsp3) is 0.900. The molecule has 0 amide bonds. The molecule has 1 saturated heterocycles. The summed E-state index contributed by atoms with van der Waals surface area (Å²) >= 11 is 0. The van der Waals surface area contributed by atoms with Crippen molar-refractivity contribution in [3.8, 4) is 6.07 Å². The van der Waals surface area contributed by atoms with Crippen LogP contribution in [-0.2, 0) is 4.74 Å². The molecule has 0 aliphatic carbocycles. The van der Waals surface area contributed by atoms with Crippen molar-refractivity contribution in [1.82, 2.24) is 0 Å². The van der Waals surface area contributed by atoms with Gasteiger partial charge in [-0.3, -0.25) is 0 Å². The highest BCUT2D eigenvalue weighted by atomic mass is 16.5. The predicted molar refractivity (Wildman–Crippen MR) is 47.5 cm³/mol. The van der Waals surface area contributed by atoms with Crippen molar-refractivity contribution >= 4 is 0 Å². The van der Waals surface area contributed by atoms with E-state index in [9.17, 15) is 0 Å². The molecule has 2 nitrogen and oxygen atoms in total. The van der Waals surface area contributed by atoms with Gasteiger partial charge in [-0.15, -0.1) is 0 Å². The Morgan fingerprint density at radius 2 is 2.33 bits per heavy atom. The molecular weight excluding hydrogens is 150 g/mol. The summed E-state index contributed by atoms with van der Waals surface area (Å²) in [5.41, 5.74) is 0. The van der Waals surface area contributed by atoms with E-state index in [0.717, 1.165) is 24.9 Å². The minimum atomic E-state index is 0.205. The fourth-order valence-electron chi connectivity index (χ4n) is 1.76. The molecule has 1 unspecified atom stereocenters. The normalized spacial score (nSPS) is 30.2. The summed E-state index contributed by atoms with van der Waals surface area (Å²) in [4.78, 5) is 0. The molecule has 12 heavy (non-hydrogen) atoms. The van der Waals surface area contributed by atoms with Crippen molar-refractivity contribution in [2.45, 2.75) is 39.2 Å². The average molecular weight is 167 g/mol. The zero-order valence-electron chi connectivity index (χ0n) is 7.92. The highest BCUT2D eigenvalue weighted by Gasteiger charge is 2.24. The molecule has 1 heterocycles. The summed E-state index contributed by atoms with van der Waals surface area (Å²) in [6.07, 6.45) is 3.00. The van der Waals surface area contributed by atoms with Gasteiger partial charge in [-0.25, -0.2) is 0 Å². The van der Waals surface area contributed by atoms with Gasteiger partial charge in [0.2, 0.25) is 0 Å². The summed E-state index contributed by atoms with van der Waals surface area (Å²) in [5.74, 6) is 1.49. The van der Waals surface area contributed by atoms with Gasteiger partial charge in [0.05, 0.1) is 18.6 Å². The van der Waals surface area contributed by atoms with E-state index in [2.05, 4.69) is 19.9 Å². The lowest BCUT2D eigenvalue weighted by atomic mass is 9.85. The fourth-order valence-corrected chi connectivity index (χ4v) is 1.76. The molecule has 0 saturated carbocycles. The standard InChI is InChI=1S/C10H17NO/c1-8(2)9-4-6-12-10(7-9)3-5-11/h8-10H,3-4,6-7H2,1-2H3/t9?,10-/m1/s1. The van der Waals surface area contributed by atoms with E-state index < -0.39 is 0 Å². The van der Waals surface area contributed by atoms with E-state index in [1.54, 1.807) is 0 Å². The van der Waals surface area contributed by atoms with E-state index in [1.165, 1.54) is 6.42 Å². The van der Waals surface area contributed by atoms with Crippen molar-refractivity contribution in [3.63, 3.8) is 0 Å². The molecule has 0 radical (unpaired) electrons. The molecule has 1 rings (SSSR count). The molecule has 0 spiro atoms. The van der Waals surface area contributed by atoms with Crippen LogP contribution in [0.15, 0.2) is 0 Å². The van der Waals surface area contributed by atoms with Gasteiger partial charge in [-0.2, -0.15) is 5.26 Å². The maximum absolute atomic E-state index is 8.51. The third kappa shape index (κ3) is 2.49. The number of hydrogen-bond acceptors (Lipinski definition) is 2. The van der Waals surface area contributed by atoms with Gasteiger partial charge in [0.15, 0.2) is 0 Å². The average Bonchev–Trinajstić information content (AvgIpc) is 2.05. The molecule has 0 aromatic rings. The third-order valence-electron chi connectivity index (χ3n) is 2.67. The highest BCUT2D eigenvalue weighted by molar-refractivity contribution is 4.81. The quantitative estimate of drug-likeness (QED) is 0.632. The number of nitriles is 1. The second-order valence-electron chi connectivity index (χ2n) is 3.88. The van der Waals surface area contributed by atoms with Crippen LogP contribution in [0.4, 0.5) is 0 Å². The molecule has 2 heteroatoms. The molecule has 68 valence electrons. The van der Waals surface area contributed by atoms with Gasteiger partial charge in [-0.1, -0.05) is 13.8 Å². The molecular formula is C10H17NO. The van der Waals surface area contributed by atoms with Crippen LogP contribution in [0.25, 0.3) is 0 Å². The lowest BCUT2D eigenvalue weighted by molar-refractivity contribution is -0.0158. The first-order valence-electron chi connectivity index (χ1n) is 4.72. The van der Waals surface area contributed by atoms with Crippen LogP contribution >= 0.6 is 0 Å². The largest absolute Gasteiger partial charge is 0.377 e. The first-order chi connectivity index (χ1) is 5.74. The van der Waals surface area contributed by atoms with Gasteiger partial charge in [-0.05, 0) is 24.7 Å². The molecule has 0 aromatic carbocycles. The van der Waals surface area contributed by atoms with Crippen molar-refractivity contribution in [3.05, 3.63) is 0 Å². The lowest BCUT2D eigenvalue weighted by Gasteiger charge is -2.30. The summed E-state index contributed by atoms with van der Waals surface area (Å²) < 4.78 is 5.48. The Bertz CT molecular complexity index is 171. The SMILES string of the molecule is CC(C)C1CCO[C@H](CC#N)C1. The minimum absolute atomic E-state index is 0.205. The van der Waals surface area contributed by atoms with E-state index in [4.69, 9.17) is 10.00 Å². The maximum Gasteiger partial charge on any atom is 0.0707 e. The van der Waals surface area contributed by atoms with Crippen LogP contribution in [0.2, 0.25) is 0 Å². The third-order valence-corrected chi connectivity index (χ3v) is 2.67. The Labute approximate surface area is 74.5 Å². The second-order valence-corrected chi connectivity index (χ2v) is 3.88. The molecule has 1 fully saturated rings. The van der Waals surface area contributed by atoms with Crippen LogP contribution in [0.1, 0.15) is 33.1 Å². The number of hydrogen-bond donors (Lipinski definition) is 0. The summed E-state index contributed by atoms with van der Waals surface area (Å²) in [6.45, 7) is 5.34. The maximum atomic E-state index is 8.51. The van der Waals surface area contributed by atoms with Crippen LogP contribution in [0.3, 0.4) is 0 Å². The Hall–Kier alpha value is -0.550. The van der Waals surface area contributed by atoms with Crippen molar-refractivity contribution in [2.24, 2.45) is 11.8 Å². The van der Waals surface area contributed by atoms with Gasteiger partial charge in [0, 0.05) is 6.61 Å². The molecule has 0 bridgehead atoms. The van der Waals surface area contributed by atoms with Crippen LogP contribution in [-0.4, -0.2) is 12.7 Å². The van der Waals surface area contributed by atoms with Crippen LogP contribution in [0, 0.1) is 23.2 Å². The molecule has 1 aliphatic heterocycles. The first-order valence-corrected chi connectivity index (χ1v) is 4.72. The Kier molecular flexibility index (Phi) is 3.55. The molecule has 1 aliphatic rings.